The van der Waals surface area contributed by atoms with Crippen LogP contribution in [-0.2, 0) is 0 Å². The van der Waals surface area contributed by atoms with Gasteiger partial charge in [0.2, 0.25) is 0 Å². The van der Waals surface area contributed by atoms with Crippen molar-refractivity contribution < 1.29 is 0 Å². The number of aryl methyl sites for hydroxylation is 2. The van der Waals surface area contributed by atoms with Crippen LogP contribution in [0.25, 0.3) is 5.65 Å². The van der Waals surface area contributed by atoms with Gasteiger partial charge in [-0.05, 0) is 13.8 Å². The molecule has 1 N–H and O–H groups in total. The van der Waals surface area contributed by atoms with Crippen LogP contribution in [0.15, 0.2) is 6.07 Å². The fourth-order valence-electron chi connectivity index (χ4n) is 2.22. The summed E-state index contributed by atoms with van der Waals surface area (Å²) in [5, 5.41) is 12.0. The SMILES string of the molecule is Cc1cc2nnc(C3CSCCN3)n2c(C)n1. The molecule has 0 amide bonds. The molecule has 1 fully saturated rings. The molecule has 5 nitrogen and oxygen atoms in total. The Hall–Kier alpha value is -1.14. The summed E-state index contributed by atoms with van der Waals surface area (Å²) >= 11 is 1.95. The van der Waals surface area contributed by atoms with Crippen molar-refractivity contribution in [2.24, 2.45) is 0 Å². The number of nitrogens with one attached hydrogen (secondary N) is 1. The Morgan fingerprint density at radius 1 is 1.41 bits per heavy atom. The first kappa shape index (κ1) is 11.0. The molecule has 0 aliphatic carbocycles. The molecule has 0 saturated carbocycles. The maximum atomic E-state index is 4.48. The van der Waals surface area contributed by atoms with Crippen molar-refractivity contribution in [3.05, 3.63) is 23.4 Å². The van der Waals surface area contributed by atoms with Gasteiger partial charge in [-0.3, -0.25) is 4.40 Å². The Bertz CT molecular complexity index is 544. The topological polar surface area (TPSA) is 55.1 Å². The third kappa shape index (κ3) is 1.91. The van der Waals surface area contributed by atoms with E-state index in [1.54, 1.807) is 0 Å². The van der Waals surface area contributed by atoms with Crippen LogP contribution in [0.5, 0.6) is 0 Å². The number of fused-ring (bicyclic) bond motifs is 1. The summed E-state index contributed by atoms with van der Waals surface area (Å²) in [6, 6.07) is 2.26. The van der Waals surface area contributed by atoms with Gasteiger partial charge in [-0.15, -0.1) is 10.2 Å². The van der Waals surface area contributed by atoms with Crippen LogP contribution in [0.3, 0.4) is 0 Å². The molecule has 3 heterocycles. The van der Waals surface area contributed by atoms with Crippen LogP contribution >= 0.6 is 11.8 Å². The van der Waals surface area contributed by atoms with Gasteiger partial charge in [0, 0.05) is 29.8 Å². The van der Waals surface area contributed by atoms with Gasteiger partial charge in [-0.1, -0.05) is 0 Å². The van der Waals surface area contributed by atoms with Crippen molar-refractivity contribution >= 4 is 17.4 Å². The van der Waals surface area contributed by atoms with Crippen molar-refractivity contribution in [1.29, 1.82) is 0 Å². The maximum Gasteiger partial charge on any atom is 0.164 e. The standard InChI is InChI=1S/C11H15N5S/c1-7-5-10-14-15-11(16(10)8(2)13-7)9-6-17-4-3-12-9/h5,9,12H,3-4,6H2,1-2H3. The van der Waals surface area contributed by atoms with E-state index in [4.69, 9.17) is 0 Å². The Morgan fingerprint density at radius 3 is 3.06 bits per heavy atom. The number of hydrogen-bond donors (Lipinski definition) is 1. The molecule has 3 rings (SSSR count). The molecule has 17 heavy (non-hydrogen) atoms. The third-order valence-electron chi connectivity index (χ3n) is 2.95. The van der Waals surface area contributed by atoms with E-state index in [1.807, 2.05) is 31.7 Å². The van der Waals surface area contributed by atoms with Crippen LogP contribution in [-0.4, -0.2) is 37.6 Å². The molecule has 0 aromatic carbocycles. The van der Waals surface area contributed by atoms with E-state index in [2.05, 4.69) is 24.9 Å². The van der Waals surface area contributed by atoms with Crippen LogP contribution in [0.1, 0.15) is 23.4 Å². The molecule has 2 aromatic rings. The van der Waals surface area contributed by atoms with Gasteiger partial charge in [0.05, 0.1) is 6.04 Å². The van der Waals surface area contributed by atoms with E-state index in [-0.39, 0.29) is 6.04 Å². The lowest BCUT2D eigenvalue weighted by Crippen LogP contribution is -2.31. The first-order chi connectivity index (χ1) is 8.25. The highest BCUT2D eigenvalue weighted by Gasteiger charge is 2.21. The van der Waals surface area contributed by atoms with E-state index >= 15 is 0 Å². The van der Waals surface area contributed by atoms with Crippen molar-refractivity contribution in [1.82, 2.24) is 24.9 Å². The highest BCUT2D eigenvalue weighted by Crippen LogP contribution is 2.21. The van der Waals surface area contributed by atoms with E-state index in [9.17, 15) is 0 Å². The second-order valence-corrected chi connectivity index (χ2v) is 5.43. The predicted molar refractivity (Wildman–Crippen MR) is 68.3 cm³/mol. The van der Waals surface area contributed by atoms with Crippen LogP contribution in [0, 0.1) is 13.8 Å². The molecule has 0 bridgehead atoms. The van der Waals surface area contributed by atoms with Crippen molar-refractivity contribution in [3.8, 4) is 0 Å². The normalized spacial score (nSPS) is 20.9. The molecule has 1 atom stereocenters. The summed E-state index contributed by atoms with van der Waals surface area (Å²) in [6.07, 6.45) is 0. The zero-order chi connectivity index (χ0) is 11.8. The quantitative estimate of drug-likeness (QED) is 0.820. The van der Waals surface area contributed by atoms with Gasteiger partial charge >= 0.3 is 0 Å². The number of nitrogens with zero attached hydrogens (tertiary/aromatic N) is 4. The van der Waals surface area contributed by atoms with E-state index in [0.29, 0.717) is 0 Å². The Kier molecular flexibility index (Phi) is 2.76. The monoisotopic (exact) mass is 249 g/mol. The second-order valence-electron chi connectivity index (χ2n) is 4.28. The Morgan fingerprint density at radius 2 is 2.29 bits per heavy atom. The molecule has 1 aliphatic rings. The number of thioether (sulfide) groups is 1. The fourth-order valence-corrected chi connectivity index (χ4v) is 3.15. The molecular formula is C11H15N5S. The maximum absolute atomic E-state index is 4.48. The van der Waals surface area contributed by atoms with Crippen LogP contribution < -0.4 is 5.32 Å². The molecule has 1 aliphatic heterocycles. The Balaban J connectivity index is 2.10. The summed E-state index contributed by atoms with van der Waals surface area (Å²) in [6.45, 7) is 5.02. The molecular weight excluding hydrogens is 234 g/mol. The van der Waals surface area contributed by atoms with Crippen molar-refractivity contribution in [3.63, 3.8) is 0 Å². The summed E-state index contributed by atoms with van der Waals surface area (Å²) in [5.74, 6) is 4.16. The predicted octanol–water partition coefficient (Wildman–Crippen LogP) is 1.12. The van der Waals surface area contributed by atoms with Crippen LogP contribution in [0.2, 0.25) is 0 Å². The lowest BCUT2D eigenvalue weighted by molar-refractivity contribution is 0.556. The molecule has 2 aromatic heterocycles. The minimum absolute atomic E-state index is 0.284. The molecule has 90 valence electrons. The molecule has 0 spiro atoms. The third-order valence-corrected chi connectivity index (χ3v) is 4.01. The number of hydrogen-bond acceptors (Lipinski definition) is 5. The van der Waals surface area contributed by atoms with E-state index < -0.39 is 0 Å². The van der Waals surface area contributed by atoms with Crippen molar-refractivity contribution in [2.75, 3.05) is 18.1 Å². The molecule has 1 unspecified atom stereocenters. The lowest BCUT2D eigenvalue weighted by Gasteiger charge is -2.21. The van der Waals surface area contributed by atoms with E-state index in [1.165, 1.54) is 5.75 Å². The largest absolute Gasteiger partial charge is 0.306 e. The van der Waals surface area contributed by atoms with Crippen molar-refractivity contribution in [2.45, 2.75) is 19.9 Å². The highest BCUT2D eigenvalue weighted by atomic mass is 32.2. The summed E-state index contributed by atoms with van der Waals surface area (Å²) < 4.78 is 2.05. The molecule has 0 radical (unpaired) electrons. The fraction of sp³-hybridized carbons (Fsp3) is 0.545. The summed E-state index contributed by atoms with van der Waals surface area (Å²) in [4.78, 5) is 4.48. The minimum atomic E-state index is 0.284. The van der Waals surface area contributed by atoms with Gasteiger partial charge < -0.3 is 5.32 Å². The smallest absolute Gasteiger partial charge is 0.164 e. The minimum Gasteiger partial charge on any atom is -0.306 e. The van der Waals surface area contributed by atoms with Gasteiger partial charge in [0.25, 0.3) is 0 Å². The summed E-state index contributed by atoms with van der Waals surface area (Å²) in [5.41, 5.74) is 1.88. The Labute approximate surface area is 104 Å². The average molecular weight is 249 g/mol. The van der Waals surface area contributed by atoms with Crippen LogP contribution in [0.4, 0.5) is 0 Å². The van der Waals surface area contributed by atoms with Gasteiger partial charge in [0.15, 0.2) is 11.5 Å². The zero-order valence-corrected chi connectivity index (χ0v) is 10.8. The average Bonchev–Trinajstić information content (AvgIpc) is 2.74. The molecule has 6 heteroatoms. The number of rotatable bonds is 1. The summed E-state index contributed by atoms with van der Waals surface area (Å²) in [7, 11) is 0. The number of aromatic nitrogens is 4. The first-order valence-corrected chi connectivity index (χ1v) is 6.91. The second kappa shape index (κ2) is 4.27. The first-order valence-electron chi connectivity index (χ1n) is 5.76. The van der Waals surface area contributed by atoms with Gasteiger partial charge in [0.1, 0.15) is 5.82 Å². The van der Waals surface area contributed by atoms with Gasteiger partial charge in [-0.25, -0.2) is 4.98 Å². The lowest BCUT2D eigenvalue weighted by atomic mass is 10.3. The van der Waals surface area contributed by atoms with E-state index in [0.717, 1.165) is 35.3 Å². The van der Waals surface area contributed by atoms with Gasteiger partial charge in [-0.2, -0.15) is 11.8 Å². The molecule has 1 saturated heterocycles. The zero-order valence-electron chi connectivity index (χ0n) is 9.97. The highest BCUT2D eigenvalue weighted by molar-refractivity contribution is 7.99.